The SMILES string of the molecule is CC1CCCC(NCc2cccc(F)c2)C1C. The second-order valence-electron chi connectivity index (χ2n) is 5.38. The Kier molecular flexibility index (Phi) is 4.16. The minimum atomic E-state index is -0.144. The quantitative estimate of drug-likeness (QED) is 0.841. The first-order valence-corrected chi connectivity index (χ1v) is 6.64. The summed E-state index contributed by atoms with van der Waals surface area (Å²) in [7, 11) is 0. The van der Waals surface area contributed by atoms with Crippen LogP contribution in [0, 0.1) is 17.7 Å². The zero-order chi connectivity index (χ0) is 12.3. The van der Waals surface area contributed by atoms with E-state index in [4.69, 9.17) is 0 Å². The summed E-state index contributed by atoms with van der Waals surface area (Å²) in [6.45, 7) is 5.44. The van der Waals surface area contributed by atoms with Crippen LogP contribution in [0.15, 0.2) is 24.3 Å². The fourth-order valence-corrected chi connectivity index (χ4v) is 2.77. The molecule has 1 aromatic carbocycles. The van der Waals surface area contributed by atoms with Crippen LogP contribution < -0.4 is 5.32 Å². The summed E-state index contributed by atoms with van der Waals surface area (Å²) in [6.07, 6.45) is 3.91. The second-order valence-corrected chi connectivity index (χ2v) is 5.38. The smallest absolute Gasteiger partial charge is 0.123 e. The van der Waals surface area contributed by atoms with Gasteiger partial charge in [0, 0.05) is 12.6 Å². The average molecular weight is 235 g/mol. The number of hydrogen-bond donors (Lipinski definition) is 1. The van der Waals surface area contributed by atoms with Crippen molar-refractivity contribution in [1.82, 2.24) is 5.32 Å². The maximum Gasteiger partial charge on any atom is 0.123 e. The molecule has 0 amide bonds. The molecule has 2 rings (SSSR count). The molecule has 3 atom stereocenters. The van der Waals surface area contributed by atoms with Gasteiger partial charge in [-0.05, 0) is 36.0 Å². The molecule has 17 heavy (non-hydrogen) atoms. The Labute approximate surface area is 103 Å². The maximum absolute atomic E-state index is 13.0. The van der Waals surface area contributed by atoms with Crippen molar-refractivity contribution in [3.63, 3.8) is 0 Å². The van der Waals surface area contributed by atoms with Gasteiger partial charge < -0.3 is 5.32 Å². The average Bonchev–Trinajstić information content (AvgIpc) is 2.31. The molecule has 3 unspecified atom stereocenters. The third-order valence-corrected chi connectivity index (χ3v) is 4.16. The third-order valence-electron chi connectivity index (χ3n) is 4.16. The van der Waals surface area contributed by atoms with E-state index in [1.165, 1.54) is 25.3 Å². The Balaban J connectivity index is 1.89. The van der Waals surface area contributed by atoms with Crippen LogP contribution in [0.5, 0.6) is 0 Å². The van der Waals surface area contributed by atoms with Crippen LogP contribution in [0.2, 0.25) is 0 Å². The molecule has 94 valence electrons. The number of benzene rings is 1. The number of hydrogen-bond acceptors (Lipinski definition) is 1. The molecule has 0 spiro atoms. The molecule has 0 saturated heterocycles. The fourth-order valence-electron chi connectivity index (χ4n) is 2.77. The molecule has 0 radical (unpaired) electrons. The van der Waals surface area contributed by atoms with Crippen LogP contribution in [-0.4, -0.2) is 6.04 Å². The van der Waals surface area contributed by atoms with Crippen LogP contribution in [0.3, 0.4) is 0 Å². The number of rotatable bonds is 3. The molecule has 1 saturated carbocycles. The van der Waals surface area contributed by atoms with Gasteiger partial charge in [-0.15, -0.1) is 0 Å². The minimum absolute atomic E-state index is 0.144. The van der Waals surface area contributed by atoms with E-state index < -0.39 is 0 Å². The van der Waals surface area contributed by atoms with E-state index in [-0.39, 0.29) is 5.82 Å². The summed E-state index contributed by atoms with van der Waals surface area (Å²) in [5, 5.41) is 3.58. The second kappa shape index (κ2) is 5.63. The molecule has 1 fully saturated rings. The summed E-state index contributed by atoms with van der Waals surface area (Å²) in [4.78, 5) is 0. The van der Waals surface area contributed by atoms with Crippen molar-refractivity contribution in [1.29, 1.82) is 0 Å². The first kappa shape index (κ1) is 12.6. The van der Waals surface area contributed by atoms with Gasteiger partial charge in [-0.3, -0.25) is 0 Å². The molecule has 2 heteroatoms. The van der Waals surface area contributed by atoms with E-state index in [1.807, 2.05) is 6.07 Å². The maximum atomic E-state index is 13.0. The normalized spacial score (nSPS) is 29.2. The molecule has 0 heterocycles. The molecule has 1 aliphatic carbocycles. The van der Waals surface area contributed by atoms with Gasteiger partial charge in [0.05, 0.1) is 0 Å². The molecular formula is C15H22FN. The third kappa shape index (κ3) is 3.29. The van der Waals surface area contributed by atoms with Crippen molar-refractivity contribution in [2.75, 3.05) is 0 Å². The standard InChI is InChI=1S/C15H22FN/c1-11-5-3-8-15(12(11)2)17-10-13-6-4-7-14(16)9-13/h4,6-7,9,11-12,15,17H,3,5,8,10H2,1-2H3. The lowest BCUT2D eigenvalue weighted by molar-refractivity contribution is 0.206. The van der Waals surface area contributed by atoms with Crippen LogP contribution in [-0.2, 0) is 6.54 Å². The minimum Gasteiger partial charge on any atom is -0.310 e. The van der Waals surface area contributed by atoms with E-state index in [1.54, 1.807) is 12.1 Å². The van der Waals surface area contributed by atoms with Gasteiger partial charge in [-0.2, -0.15) is 0 Å². The van der Waals surface area contributed by atoms with Gasteiger partial charge in [0.2, 0.25) is 0 Å². The monoisotopic (exact) mass is 235 g/mol. The van der Waals surface area contributed by atoms with Crippen molar-refractivity contribution >= 4 is 0 Å². The molecule has 1 aliphatic rings. The van der Waals surface area contributed by atoms with E-state index in [2.05, 4.69) is 19.2 Å². The summed E-state index contributed by atoms with van der Waals surface area (Å²) in [6, 6.07) is 7.45. The Morgan fingerprint density at radius 2 is 2.12 bits per heavy atom. The molecule has 0 aliphatic heterocycles. The van der Waals surface area contributed by atoms with Crippen LogP contribution in [0.4, 0.5) is 4.39 Å². The van der Waals surface area contributed by atoms with Crippen molar-refractivity contribution in [3.05, 3.63) is 35.6 Å². The van der Waals surface area contributed by atoms with E-state index in [0.29, 0.717) is 6.04 Å². The summed E-state index contributed by atoms with van der Waals surface area (Å²) in [5.74, 6) is 1.38. The Morgan fingerprint density at radius 1 is 1.29 bits per heavy atom. The highest BCUT2D eigenvalue weighted by molar-refractivity contribution is 5.16. The first-order chi connectivity index (χ1) is 8.16. The molecule has 1 aromatic rings. The summed E-state index contributed by atoms with van der Waals surface area (Å²) < 4.78 is 13.0. The summed E-state index contributed by atoms with van der Waals surface area (Å²) in [5.41, 5.74) is 1.04. The molecule has 0 aromatic heterocycles. The highest BCUT2D eigenvalue weighted by Crippen LogP contribution is 2.29. The first-order valence-electron chi connectivity index (χ1n) is 6.64. The predicted octanol–water partition coefficient (Wildman–Crippen LogP) is 3.74. The van der Waals surface area contributed by atoms with Crippen LogP contribution >= 0.6 is 0 Å². The zero-order valence-corrected chi connectivity index (χ0v) is 10.7. The molecular weight excluding hydrogens is 213 g/mol. The highest BCUT2D eigenvalue weighted by atomic mass is 19.1. The van der Waals surface area contributed by atoms with Gasteiger partial charge in [0.15, 0.2) is 0 Å². The van der Waals surface area contributed by atoms with Crippen molar-refractivity contribution < 1.29 is 4.39 Å². The van der Waals surface area contributed by atoms with Crippen molar-refractivity contribution in [2.45, 2.75) is 45.7 Å². The molecule has 0 bridgehead atoms. The van der Waals surface area contributed by atoms with Crippen LogP contribution in [0.1, 0.15) is 38.7 Å². The van der Waals surface area contributed by atoms with Gasteiger partial charge in [0.1, 0.15) is 5.82 Å². The predicted molar refractivity (Wildman–Crippen MR) is 69.2 cm³/mol. The van der Waals surface area contributed by atoms with Gasteiger partial charge in [-0.25, -0.2) is 4.39 Å². The molecule has 1 N–H and O–H groups in total. The number of halogens is 1. The Morgan fingerprint density at radius 3 is 2.88 bits per heavy atom. The molecule has 1 nitrogen and oxygen atoms in total. The topological polar surface area (TPSA) is 12.0 Å². The van der Waals surface area contributed by atoms with Gasteiger partial charge in [0.25, 0.3) is 0 Å². The Bertz CT molecular complexity index is 364. The van der Waals surface area contributed by atoms with E-state index >= 15 is 0 Å². The van der Waals surface area contributed by atoms with Crippen molar-refractivity contribution in [2.24, 2.45) is 11.8 Å². The zero-order valence-electron chi connectivity index (χ0n) is 10.7. The van der Waals surface area contributed by atoms with Crippen LogP contribution in [0.25, 0.3) is 0 Å². The van der Waals surface area contributed by atoms with Crippen molar-refractivity contribution in [3.8, 4) is 0 Å². The largest absolute Gasteiger partial charge is 0.310 e. The van der Waals surface area contributed by atoms with E-state index in [9.17, 15) is 4.39 Å². The lowest BCUT2D eigenvalue weighted by atomic mass is 9.78. The number of nitrogens with one attached hydrogen (secondary N) is 1. The lowest BCUT2D eigenvalue weighted by Crippen LogP contribution is -2.40. The van der Waals surface area contributed by atoms with E-state index in [0.717, 1.165) is 23.9 Å². The fraction of sp³-hybridized carbons (Fsp3) is 0.600. The Hall–Kier alpha value is -0.890. The summed E-state index contributed by atoms with van der Waals surface area (Å²) >= 11 is 0. The lowest BCUT2D eigenvalue weighted by Gasteiger charge is -2.34. The highest BCUT2D eigenvalue weighted by Gasteiger charge is 2.26. The van der Waals surface area contributed by atoms with Gasteiger partial charge >= 0.3 is 0 Å². The van der Waals surface area contributed by atoms with Gasteiger partial charge in [-0.1, -0.05) is 38.8 Å².